The average Bonchev–Trinajstić information content (AvgIpc) is 2.25. The van der Waals surface area contributed by atoms with E-state index in [1.54, 1.807) is 0 Å². The summed E-state index contributed by atoms with van der Waals surface area (Å²) in [5.41, 5.74) is 0. The highest BCUT2D eigenvalue weighted by Crippen LogP contribution is 1.59. The van der Waals surface area contributed by atoms with Crippen LogP contribution in [0.4, 0.5) is 0 Å². The van der Waals surface area contributed by atoms with Crippen molar-refractivity contribution < 1.29 is 37.3 Å². The second-order valence-corrected chi connectivity index (χ2v) is 5.11. The SMILES string of the molecule is C=CC(=O)O.C=CC(=O)O.CN(C)C.CN(C)C.O=S(=O)(O)O. The maximum Gasteiger partial charge on any atom is 0.394 e. The lowest BCUT2D eigenvalue weighted by molar-refractivity contribution is -0.132. The van der Waals surface area contributed by atoms with Gasteiger partial charge in [0, 0.05) is 12.2 Å². The fraction of sp³-hybridized carbons (Fsp3) is 0.500. The maximum atomic E-state index is 9.25. The molecule has 0 amide bonds. The van der Waals surface area contributed by atoms with Crippen molar-refractivity contribution in [1.29, 1.82) is 0 Å². The first kappa shape index (κ1) is 33.0. The molecule has 0 aliphatic rings. The first-order chi connectivity index (χ1) is 10.0. The molecule has 0 rings (SSSR count). The van der Waals surface area contributed by atoms with Crippen molar-refractivity contribution in [2.45, 2.75) is 0 Å². The second-order valence-electron chi connectivity index (χ2n) is 4.22. The van der Waals surface area contributed by atoms with Gasteiger partial charge in [-0.1, -0.05) is 13.2 Å². The van der Waals surface area contributed by atoms with E-state index in [-0.39, 0.29) is 0 Å². The van der Waals surface area contributed by atoms with Crippen LogP contribution < -0.4 is 0 Å². The fourth-order valence-corrected chi connectivity index (χ4v) is 0. The van der Waals surface area contributed by atoms with Crippen LogP contribution in [0, 0.1) is 0 Å². The monoisotopic (exact) mass is 360 g/mol. The zero-order chi connectivity index (χ0) is 20.2. The minimum atomic E-state index is -4.67. The Bertz CT molecular complexity index is 368. The molecule has 0 radical (unpaired) electrons. The molecule has 4 N–H and O–H groups in total. The number of rotatable bonds is 2. The van der Waals surface area contributed by atoms with Crippen molar-refractivity contribution in [3.05, 3.63) is 25.3 Å². The molecule has 140 valence electrons. The molecule has 0 atom stereocenters. The summed E-state index contributed by atoms with van der Waals surface area (Å²) in [6.45, 7) is 5.92. The number of carboxylic acid groups (broad SMARTS) is 2. The number of carbonyl (C=O) groups is 2. The topological polar surface area (TPSA) is 156 Å². The second kappa shape index (κ2) is 22.5. The first-order valence-electron chi connectivity index (χ1n) is 5.63. The molecule has 0 aliphatic carbocycles. The quantitative estimate of drug-likeness (QED) is 0.396. The summed E-state index contributed by atoms with van der Waals surface area (Å²) in [7, 11) is 7.33. The summed E-state index contributed by atoms with van der Waals surface area (Å²) >= 11 is 0. The Morgan fingerprint density at radius 1 is 0.783 bits per heavy atom. The highest BCUT2D eigenvalue weighted by molar-refractivity contribution is 7.79. The van der Waals surface area contributed by atoms with E-state index >= 15 is 0 Å². The highest BCUT2D eigenvalue weighted by atomic mass is 32.3. The van der Waals surface area contributed by atoms with Gasteiger partial charge in [-0.3, -0.25) is 9.11 Å². The molecule has 0 spiro atoms. The van der Waals surface area contributed by atoms with Crippen molar-refractivity contribution in [2.75, 3.05) is 42.3 Å². The van der Waals surface area contributed by atoms with Crippen LogP contribution in [0.5, 0.6) is 0 Å². The Morgan fingerprint density at radius 3 is 0.826 bits per heavy atom. The van der Waals surface area contributed by atoms with Crippen molar-refractivity contribution in [3.8, 4) is 0 Å². The van der Waals surface area contributed by atoms with E-state index in [0.29, 0.717) is 0 Å². The van der Waals surface area contributed by atoms with Gasteiger partial charge < -0.3 is 20.0 Å². The molecule has 0 unspecified atom stereocenters. The Morgan fingerprint density at radius 2 is 0.826 bits per heavy atom. The van der Waals surface area contributed by atoms with Crippen molar-refractivity contribution >= 4 is 22.3 Å². The van der Waals surface area contributed by atoms with Gasteiger partial charge >= 0.3 is 22.3 Å². The normalized spacial score (nSPS) is 8.43. The molecule has 0 bridgehead atoms. The van der Waals surface area contributed by atoms with Crippen LogP contribution in [0.15, 0.2) is 25.3 Å². The maximum absolute atomic E-state index is 9.25. The molecule has 11 heteroatoms. The van der Waals surface area contributed by atoms with Gasteiger partial charge in [0.05, 0.1) is 0 Å². The van der Waals surface area contributed by atoms with Gasteiger partial charge in [0.25, 0.3) is 0 Å². The van der Waals surface area contributed by atoms with Crippen molar-refractivity contribution in [3.63, 3.8) is 0 Å². The van der Waals surface area contributed by atoms with Crippen molar-refractivity contribution in [1.82, 2.24) is 9.80 Å². The van der Waals surface area contributed by atoms with Crippen LogP contribution >= 0.6 is 0 Å². The molecular weight excluding hydrogens is 332 g/mol. The van der Waals surface area contributed by atoms with Gasteiger partial charge in [-0.05, 0) is 42.3 Å². The lowest BCUT2D eigenvalue weighted by atomic mass is 10.7. The third kappa shape index (κ3) is 1370. The predicted molar refractivity (Wildman–Crippen MR) is 89.1 cm³/mol. The summed E-state index contributed by atoms with van der Waals surface area (Å²) in [5.74, 6) is -1.96. The van der Waals surface area contributed by atoms with Crippen LogP contribution in [-0.4, -0.2) is 91.8 Å². The van der Waals surface area contributed by atoms with Gasteiger partial charge in [-0.25, -0.2) is 9.59 Å². The third-order valence-electron chi connectivity index (χ3n) is 0.349. The molecule has 23 heavy (non-hydrogen) atoms. The summed E-state index contributed by atoms with van der Waals surface area (Å²) < 4.78 is 31.6. The Balaban J connectivity index is -0.0000000589. The molecule has 10 nitrogen and oxygen atoms in total. The summed E-state index contributed by atoms with van der Waals surface area (Å²) in [6, 6.07) is 0. The number of hydrogen-bond donors (Lipinski definition) is 4. The standard InChI is InChI=1S/2C3H9N.2C3H4O2.H2O4S/c2*1-4(2)3;2*1-2-3(4)5;1-5(2,3)4/h2*1-3H3;2*2H,1H2,(H,4,5);(H2,1,2,3,4). The van der Waals surface area contributed by atoms with E-state index in [4.69, 9.17) is 27.7 Å². The van der Waals surface area contributed by atoms with E-state index in [1.807, 2.05) is 52.1 Å². The Labute approximate surface area is 137 Å². The van der Waals surface area contributed by atoms with Crippen LogP contribution in [-0.2, 0) is 20.0 Å². The zero-order valence-corrected chi connectivity index (χ0v) is 15.1. The third-order valence-corrected chi connectivity index (χ3v) is 0.349. The van der Waals surface area contributed by atoms with Gasteiger partial charge in [0.1, 0.15) is 0 Å². The molecule has 0 aliphatic heterocycles. The van der Waals surface area contributed by atoms with Gasteiger partial charge in [-0.2, -0.15) is 8.42 Å². The van der Waals surface area contributed by atoms with E-state index in [9.17, 15) is 9.59 Å². The number of nitrogens with zero attached hydrogens (tertiary/aromatic N) is 2. The number of aliphatic carboxylic acids is 2. The smallest absolute Gasteiger partial charge is 0.394 e. The largest absolute Gasteiger partial charge is 0.478 e. The molecule has 0 aromatic rings. The molecule has 0 aromatic carbocycles. The van der Waals surface area contributed by atoms with Gasteiger partial charge in [0.2, 0.25) is 0 Å². The van der Waals surface area contributed by atoms with Gasteiger partial charge in [0.15, 0.2) is 0 Å². The molecule has 0 heterocycles. The molecule has 0 fully saturated rings. The van der Waals surface area contributed by atoms with Crippen LogP contribution in [0.2, 0.25) is 0 Å². The number of carboxylic acids is 2. The first-order valence-corrected chi connectivity index (χ1v) is 7.03. The molecule has 0 aromatic heterocycles. The predicted octanol–water partition coefficient (Wildman–Crippen LogP) is 0.217. The van der Waals surface area contributed by atoms with E-state index < -0.39 is 22.3 Å². The Hall–Kier alpha value is -1.79. The van der Waals surface area contributed by atoms with E-state index in [0.717, 1.165) is 12.2 Å². The zero-order valence-electron chi connectivity index (χ0n) is 14.3. The van der Waals surface area contributed by atoms with Gasteiger partial charge in [-0.15, -0.1) is 0 Å². The molecule has 0 saturated carbocycles. The average molecular weight is 360 g/mol. The summed E-state index contributed by atoms with van der Waals surface area (Å²) in [4.78, 5) is 22.5. The van der Waals surface area contributed by atoms with E-state index in [1.165, 1.54) is 0 Å². The minimum Gasteiger partial charge on any atom is -0.478 e. The summed E-state index contributed by atoms with van der Waals surface area (Å²) in [5, 5.41) is 15.2. The van der Waals surface area contributed by atoms with E-state index in [2.05, 4.69) is 13.2 Å². The highest BCUT2D eigenvalue weighted by Gasteiger charge is 1.84. The lowest BCUT2D eigenvalue weighted by Gasteiger charge is -1.90. The molecular formula is C12H28N2O8S. The van der Waals surface area contributed by atoms with Crippen LogP contribution in [0.25, 0.3) is 0 Å². The summed E-state index contributed by atoms with van der Waals surface area (Å²) in [6.07, 6.45) is 1.67. The Kier molecular flexibility index (Phi) is 32.2. The number of hydrogen-bond acceptors (Lipinski definition) is 6. The van der Waals surface area contributed by atoms with Crippen molar-refractivity contribution in [2.24, 2.45) is 0 Å². The van der Waals surface area contributed by atoms with Crippen LogP contribution in [0.3, 0.4) is 0 Å². The molecule has 0 saturated heterocycles. The fourth-order valence-electron chi connectivity index (χ4n) is 0. The minimum absolute atomic E-state index is 0.833. The van der Waals surface area contributed by atoms with Crippen LogP contribution in [0.1, 0.15) is 0 Å². The lowest BCUT2D eigenvalue weighted by Crippen LogP contribution is -1.99.